The van der Waals surface area contributed by atoms with Gasteiger partial charge in [0.15, 0.2) is 11.5 Å². The average Bonchev–Trinajstić information content (AvgIpc) is 2.44. The molecule has 0 atom stereocenters. The largest absolute Gasteiger partial charge is 0.486 e. The molecule has 1 aromatic carbocycles. The Morgan fingerprint density at radius 2 is 2.16 bits per heavy atom. The van der Waals surface area contributed by atoms with Crippen molar-refractivity contribution in [1.82, 2.24) is 5.43 Å². The number of hydrogen-bond donors (Lipinski definition) is 1. The second-order valence-electron chi connectivity index (χ2n) is 3.93. The maximum absolute atomic E-state index is 11.1. The highest BCUT2D eigenvalue weighted by atomic mass is 16.6. The van der Waals surface area contributed by atoms with Gasteiger partial charge < -0.3 is 9.47 Å². The first-order valence-corrected chi connectivity index (χ1v) is 5.81. The van der Waals surface area contributed by atoms with Crippen molar-refractivity contribution in [3.63, 3.8) is 0 Å². The third kappa shape index (κ3) is 3.22. The maximum atomic E-state index is 11.1. The van der Waals surface area contributed by atoms with Crippen molar-refractivity contribution in [2.75, 3.05) is 13.2 Å². The highest BCUT2D eigenvalue weighted by molar-refractivity contribution is 5.99. The second-order valence-corrected chi connectivity index (χ2v) is 3.93. The van der Waals surface area contributed by atoms with Crippen LogP contribution in [0.3, 0.4) is 0 Å². The Kier molecular flexibility index (Phi) is 3.98. The highest BCUT2D eigenvalue weighted by Gasteiger charge is 2.12. The van der Waals surface area contributed by atoms with E-state index in [0.29, 0.717) is 30.4 Å². The van der Waals surface area contributed by atoms with Crippen molar-refractivity contribution < 1.29 is 14.3 Å². The lowest BCUT2D eigenvalue weighted by Crippen LogP contribution is -2.18. The number of carbonyl (C=O) groups is 1. The van der Waals surface area contributed by atoms with Crippen LogP contribution in [0, 0.1) is 11.3 Å². The Morgan fingerprint density at radius 1 is 1.42 bits per heavy atom. The normalized spacial score (nSPS) is 13.6. The predicted molar refractivity (Wildman–Crippen MR) is 68.0 cm³/mol. The minimum absolute atomic E-state index is 0.210. The molecular weight excluding hydrogens is 246 g/mol. The Hall–Kier alpha value is -2.55. The van der Waals surface area contributed by atoms with E-state index in [1.54, 1.807) is 19.1 Å². The van der Waals surface area contributed by atoms with Gasteiger partial charge in [0.05, 0.1) is 11.8 Å². The fourth-order valence-electron chi connectivity index (χ4n) is 1.59. The first-order chi connectivity index (χ1) is 9.20. The average molecular weight is 259 g/mol. The highest BCUT2D eigenvalue weighted by Crippen LogP contribution is 2.30. The van der Waals surface area contributed by atoms with Gasteiger partial charge in [0.25, 0.3) is 5.91 Å². The van der Waals surface area contributed by atoms with E-state index < -0.39 is 5.91 Å². The van der Waals surface area contributed by atoms with Crippen molar-refractivity contribution >= 4 is 11.6 Å². The molecule has 19 heavy (non-hydrogen) atoms. The number of benzene rings is 1. The number of hydrogen-bond acceptors (Lipinski definition) is 5. The molecule has 1 aliphatic rings. The van der Waals surface area contributed by atoms with Gasteiger partial charge in [-0.25, -0.2) is 5.43 Å². The molecule has 0 aliphatic carbocycles. The first-order valence-electron chi connectivity index (χ1n) is 5.81. The summed E-state index contributed by atoms with van der Waals surface area (Å²) < 4.78 is 10.9. The summed E-state index contributed by atoms with van der Waals surface area (Å²) >= 11 is 0. The number of nitrogens with one attached hydrogen (secondary N) is 1. The van der Waals surface area contributed by atoms with Crippen molar-refractivity contribution in [3.05, 3.63) is 23.8 Å². The van der Waals surface area contributed by atoms with Crippen molar-refractivity contribution in [1.29, 1.82) is 5.26 Å². The van der Waals surface area contributed by atoms with Gasteiger partial charge in [-0.05, 0) is 25.1 Å². The quantitative estimate of drug-likeness (QED) is 0.653. The molecule has 98 valence electrons. The number of ether oxygens (including phenoxy) is 2. The van der Waals surface area contributed by atoms with E-state index in [9.17, 15) is 4.79 Å². The molecule has 1 N–H and O–H groups in total. The summed E-state index contributed by atoms with van der Waals surface area (Å²) in [6, 6.07) is 7.20. The number of nitriles is 1. The van der Waals surface area contributed by atoms with E-state index in [2.05, 4.69) is 10.5 Å². The fourth-order valence-corrected chi connectivity index (χ4v) is 1.59. The molecule has 0 radical (unpaired) electrons. The molecule has 0 saturated carbocycles. The van der Waals surface area contributed by atoms with Crippen LogP contribution < -0.4 is 14.9 Å². The number of fused-ring (bicyclic) bond motifs is 1. The van der Waals surface area contributed by atoms with Gasteiger partial charge in [-0.1, -0.05) is 0 Å². The van der Waals surface area contributed by atoms with Crippen molar-refractivity contribution in [2.24, 2.45) is 5.10 Å². The third-order valence-corrected chi connectivity index (χ3v) is 2.55. The van der Waals surface area contributed by atoms with E-state index in [4.69, 9.17) is 14.7 Å². The molecule has 0 unspecified atom stereocenters. The summed E-state index contributed by atoms with van der Waals surface area (Å²) in [5, 5.41) is 12.3. The Balaban J connectivity index is 2.11. The van der Waals surface area contributed by atoms with Gasteiger partial charge in [0, 0.05) is 5.56 Å². The van der Waals surface area contributed by atoms with E-state index >= 15 is 0 Å². The molecule has 6 heteroatoms. The standard InChI is InChI=1S/C13H13N3O3/c1-9(15-16-13(17)4-5-14)10-2-3-11-12(8-10)19-7-6-18-11/h2-3,8H,4,6-7H2,1H3,(H,16,17). The van der Waals surface area contributed by atoms with Crippen LogP contribution in [0.5, 0.6) is 11.5 Å². The van der Waals surface area contributed by atoms with Crippen LogP contribution in [-0.2, 0) is 4.79 Å². The molecule has 1 heterocycles. The number of carbonyl (C=O) groups excluding carboxylic acids is 1. The van der Waals surface area contributed by atoms with Crippen LogP contribution in [0.15, 0.2) is 23.3 Å². The summed E-state index contributed by atoms with van der Waals surface area (Å²) in [5.74, 6) is 0.942. The van der Waals surface area contributed by atoms with Gasteiger partial charge in [-0.15, -0.1) is 0 Å². The van der Waals surface area contributed by atoms with Crippen LogP contribution in [0.2, 0.25) is 0 Å². The fraction of sp³-hybridized carbons (Fsp3) is 0.308. The molecule has 0 bridgehead atoms. The van der Waals surface area contributed by atoms with Crippen molar-refractivity contribution in [2.45, 2.75) is 13.3 Å². The molecule has 0 aromatic heterocycles. The Morgan fingerprint density at radius 3 is 2.89 bits per heavy atom. The molecule has 6 nitrogen and oxygen atoms in total. The van der Waals surface area contributed by atoms with Gasteiger partial charge in [-0.3, -0.25) is 4.79 Å². The minimum atomic E-state index is -0.431. The Bertz CT molecular complexity index is 561. The minimum Gasteiger partial charge on any atom is -0.486 e. The zero-order valence-corrected chi connectivity index (χ0v) is 10.5. The SMILES string of the molecule is CC(=NNC(=O)CC#N)c1ccc2c(c1)OCCO2. The van der Waals surface area contributed by atoms with E-state index in [1.807, 2.05) is 12.1 Å². The molecule has 1 amide bonds. The molecule has 0 spiro atoms. The summed E-state index contributed by atoms with van der Waals surface area (Å²) in [7, 11) is 0. The molecule has 1 aliphatic heterocycles. The number of hydrazone groups is 1. The topological polar surface area (TPSA) is 83.7 Å². The monoisotopic (exact) mass is 259 g/mol. The smallest absolute Gasteiger partial charge is 0.254 e. The van der Waals surface area contributed by atoms with Crippen LogP contribution in [-0.4, -0.2) is 24.8 Å². The van der Waals surface area contributed by atoms with Crippen LogP contribution in [0.4, 0.5) is 0 Å². The summed E-state index contributed by atoms with van der Waals surface area (Å²) in [6.07, 6.45) is -0.210. The lowest BCUT2D eigenvalue weighted by Gasteiger charge is -2.18. The van der Waals surface area contributed by atoms with Crippen LogP contribution >= 0.6 is 0 Å². The zero-order chi connectivity index (χ0) is 13.7. The predicted octanol–water partition coefficient (Wildman–Crippen LogP) is 1.21. The van der Waals surface area contributed by atoms with Crippen molar-refractivity contribution in [3.8, 4) is 17.6 Å². The number of rotatable bonds is 3. The van der Waals surface area contributed by atoms with Gasteiger partial charge in [0.1, 0.15) is 19.6 Å². The number of amides is 1. The van der Waals surface area contributed by atoms with Crippen LogP contribution in [0.1, 0.15) is 18.9 Å². The second kappa shape index (κ2) is 5.87. The van der Waals surface area contributed by atoms with Gasteiger partial charge >= 0.3 is 0 Å². The van der Waals surface area contributed by atoms with E-state index in [1.165, 1.54) is 0 Å². The van der Waals surface area contributed by atoms with Gasteiger partial charge in [-0.2, -0.15) is 10.4 Å². The Labute approximate surface area is 110 Å². The summed E-state index contributed by atoms with van der Waals surface area (Å²) in [4.78, 5) is 11.1. The van der Waals surface area contributed by atoms with E-state index in [-0.39, 0.29) is 6.42 Å². The summed E-state index contributed by atoms with van der Waals surface area (Å²) in [5.41, 5.74) is 3.77. The third-order valence-electron chi connectivity index (χ3n) is 2.55. The molecule has 0 saturated heterocycles. The number of nitrogens with zero attached hydrogens (tertiary/aromatic N) is 2. The zero-order valence-electron chi connectivity index (χ0n) is 10.5. The maximum Gasteiger partial charge on any atom is 0.254 e. The van der Waals surface area contributed by atoms with Crippen LogP contribution in [0.25, 0.3) is 0 Å². The van der Waals surface area contributed by atoms with Gasteiger partial charge in [0.2, 0.25) is 0 Å². The molecule has 1 aromatic rings. The first kappa shape index (κ1) is 12.9. The molecular formula is C13H13N3O3. The summed E-state index contributed by atoms with van der Waals surface area (Å²) in [6.45, 7) is 2.83. The lowest BCUT2D eigenvalue weighted by molar-refractivity contribution is -0.120. The lowest BCUT2D eigenvalue weighted by atomic mass is 10.1. The molecule has 0 fully saturated rings. The van der Waals surface area contributed by atoms with E-state index in [0.717, 1.165) is 5.56 Å². The molecule has 2 rings (SSSR count).